The van der Waals surface area contributed by atoms with Crippen LogP contribution in [0.15, 0.2) is 42.6 Å². The predicted octanol–water partition coefficient (Wildman–Crippen LogP) is 3.45. The van der Waals surface area contributed by atoms with Crippen LogP contribution in [0.1, 0.15) is 23.1 Å². The number of morpholine rings is 1. The van der Waals surface area contributed by atoms with Crippen LogP contribution in [0.4, 0.5) is 0 Å². The summed E-state index contributed by atoms with van der Waals surface area (Å²) in [5, 5.41) is 2.47. The highest BCUT2D eigenvalue weighted by atomic mass is 16.5. The molecule has 1 aliphatic heterocycles. The first-order valence-corrected chi connectivity index (χ1v) is 8.64. The Bertz CT molecular complexity index is 874. The zero-order valence-corrected chi connectivity index (χ0v) is 14.7. The fraction of sp³-hybridized carbons (Fsp3) is 0.350. The number of nitrogens with one attached hydrogen (secondary N) is 1. The van der Waals surface area contributed by atoms with Gasteiger partial charge in [0.15, 0.2) is 0 Å². The quantitative estimate of drug-likeness (QED) is 0.792. The number of aromatic amines is 1. The second kappa shape index (κ2) is 6.86. The van der Waals surface area contributed by atoms with Crippen LogP contribution >= 0.6 is 0 Å². The van der Waals surface area contributed by atoms with Crippen molar-refractivity contribution < 1.29 is 9.47 Å². The molecule has 0 saturated carbocycles. The molecule has 1 aromatic heterocycles. The number of aromatic nitrogens is 2. The van der Waals surface area contributed by atoms with Crippen LogP contribution in [0.5, 0.6) is 5.75 Å². The van der Waals surface area contributed by atoms with Gasteiger partial charge < -0.3 is 14.5 Å². The summed E-state index contributed by atoms with van der Waals surface area (Å²) in [6.07, 6.45) is 1.88. The number of methoxy groups -OCH3 is 1. The molecular weight excluding hydrogens is 314 g/mol. The Hall–Kier alpha value is -2.37. The predicted molar refractivity (Wildman–Crippen MR) is 97.8 cm³/mol. The van der Waals surface area contributed by atoms with E-state index in [1.54, 1.807) is 7.11 Å². The van der Waals surface area contributed by atoms with Crippen LogP contribution in [-0.2, 0) is 11.3 Å². The van der Waals surface area contributed by atoms with Crippen molar-refractivity contribution >= 4 is 10.8 Å². The van der Waals surface area contributed by atoms with E-state index >= 15 is 0 Å². The van der Waals surface area contributed by atoms with Gasteiger partial charge >= 0.3 is 0 Å². The van der Waals surface area contributed by atoms with E-state index in [1.807, 2.05) is 13.1 Å². The normalized spacial score (nSPS) is 18.6. The van der Waals surface area contributed by atoms with E-state index in [2.05, 4.69) is 51.3 Å². The summed E-state index contributed by atoms with van der Waals surface area (Å²) in [4.78, 5) is 10.3. The lowest BCUT2D eigenvalue weighted by atomic mass is 10.0. The van der Waals surface area contributed by atoms with Gasteiger partial charge in [-0.05, 0) is 23.8 Å². The molecule has 1 N–H and O–H groups in total. The van der Waals surface area contributed by atoms with Crippen molar-refractivity contribution in [2.24, 2.45) is 0 Å². The Morgan fingerprint density at radius 1 is 1.28 bits per heavy atom. The van der Waals surface area contributed by atoms with Crippen LogP contribution < -0.4 is 4.74 Å². The van der Waals surface area contributed by atoms with Crippen molar-refractivity contribution in [3.63, 3.8) is 0 Å². The molecule has 1 aliphatic rings. The van der Waals surface area contributed by atoms with Gasteiger partial charge in [0.05, 0.1) is 26.4 Å². The van der Waals surface area contributed by atoms with Crippen molar-refractivity contribution in [2.45, 2.75) is 19.5 Å². The molecule has 5 nitrogen and oxygen atoms in total. The Balaban J connectivity index is 1.71. The molecule has 0 aliphatic carbocycles. The SMILES string of the molecule is COc1ccc2ccccc2c1CN1CCOC[C@H]1c1ncc(C)[nH]1. The third-order valence-electron chi connectivity index (χ3n) is 4.86. The van der Waals surface area contributed by atoms with E-state index < -0.39 is 0 Å². The van der Waals surface area contributed by atoms with E-state index in [4.69, 9.17) is 9.47 Å². The molecule has 0 amide bonds. The lowest BCUT2D eigenvalue weighted by Crippen LogP contribution is -2.39. The Morgan fingerprint density at radius 3 is 2.96 bits per heavy atom. The molecule has 1 fully saturated rings. The summed E-state index contributed by atoms with van der Waals surface area (Å²) < 4.78 is 11.4. The molecule has 0 unspecified atom stereocenters. The molecule has 3 aromatic rings. The number of nitrogens with zero attached hydrogens (tertiary/aromatic N) is 2. The van der Waals surface area contributed by atoms with Gasteiger partial charge in [0.2, 0.25) is 0 Å². The van der Waals surface area contributed by atoms with Crippen molar-refractivity contribution in [1.82, 2.24) is 14.9 Å². The molecule has 0 radical (unpaired) electrons. The van der Waals surface area contributed by atoms with Gasteiger partial charge in [0, 0.05) is 30.5 Å². The number of imidazole rings is 1. The molecule has 0 spiro atoms. The van der Waals surface area contributed by atoms with Crippen LogP contribution in [-0.4, -0.2) is 41.7 Å². The smallest absolute Gasteiger partial charge is 0.126 e. The van der Waals surface area contributed by atoms with Gasteiger partial charge in [-0.3, -0.25) is 4.90 Å². The average Bonchev–Trinajstić information content (AvgIpc) is 3.08. The number of H-pyrrole nitrogens is 1. The van der Waals surface area contributed by atoms with Gasteiger partial charge in [-0.15, -0.1) is 0 Å². The van der Waals surface area contributed by atoms with Crippen LogP contribution in [0.2, 0.25) is 0 Å². The van der Waals surface area contributed by atoms with E-state index in [-0.39, 0.29) is 6.04 Å². The summed E-state index contributed by atoms with van der Waals surface area (Å²) in [6, 6.07) is 12.8. The zero-order valence-electron chi connectivity index (χ0n) is 14.7. The van der Waals surface area contributed by atoms with Gasteiger partial charge in [0.25, 0.3) is 0 Å². The van der Waals surface area contributed by atoms with Crippen LogP contribution in [0, 0.1) is 6.92 Å². The van der Waals surface area contributed by atoms with E-state index in [9.17, 15) is 0 Å². The number of fused-ring (bicyclic) bond motifs is 1. The van der Waals surface area contributed by atoms with E-state index in [1.165, 1.54) is 16.3 Å². The number of aryl methyl sites for hydroxylation is 1. The van der Waals surface area contributed by atoms with Crippen LogP contribution in [0.3, 0.4) is 0 Å². The summed E-state index contributed by atoms with van der Waals surface area (Å²) >= 11 is 0. The number of hydrogen-bond donors (Lipinski definition) is 1. The minimum Gasteiger partial charge on any atom is -0.496 e. The Kier molecular flexibility index (Phi) is 4.42. The van der Waals surface area contributed by atoms with Crippen molar-refractivity contribution in [3.8, 4) is 5.75 Å². The second-order valence-corrected chi connectivity index (χ2v) is 6.48. The lowest BCUT2D eigenvalue weighted by molar-refractivity contribution is -0.0157. The third kappa shape index (κ3) is 3.13. The maximum Gasteiger partial charge on any atom is 0.126 e. The summed E-state index contributed by atoms with van der Waals surface area (Å²) in [5.74, 6) is 1.90. The van der Waals surface area contributed by atoms with Gasteiger partial charge in [0.1, 0.15) is 11.6 Å². The molecule has 25 heavy (non-hydrogen) atoms. The van der Waals surface area contributed by atoms with Crippen molar-refractivity contribution in [2.75, 3.05) is 26.9 Å². The summed E-state index contributed by atoms with van der Waals surface area (Å²) in [6.45, 7) is 5.09. The molecule has 2 heterocycles. The van der Waals surface area contributed by atoms with Crippen molar-refractivity contribution in [3.05, 3.63) is 59.7 Å². The maximum absolute atomic E-state index is 5.72. The second-order valence-electron chi connectivity index (χ2n) is 6.48. The summed E-state index contributed by atoms with van der Waals surface area (Å²) in [7, 11) is 1.74. The number of benzene rings is 2. The van der Waals surface area contributed by atoms with Gasteiger partial charge in [-0.2, -0.15) is 0 Å². The average molecular weight is 337 g/mol. The summed E-state index contributed by atoms with van der Waals surface area (Å²) in [5.41, 5.74) is 2.29. The Labute approximate surface area is 147 Å². The first-order valence-electron chi connectivity index (χ1n) is 8.64. The van der Waals surface area contributed by atoms with E-state index in [0.717, 1.165) is 37.0 Å². The molecule has 4 rings (SSSR count). The molecule has 5 heteroatoms. The molecule has 2 aromatic carbocycles. The zero-order chi connectivity index (χ0) is 17.2. The fourth-order valence-electron chi connectivity index (χ4n) is 3.55. The minimum absolute atomic E-state index is 0.131. The topological polar surface area (TPSA) is 50.4 Å². The van der Waals surface area contributed by atoms with Gasteiger partial charge in [-0.1, -0.05) is 30.3 Å². The molecule has 130 valence electrons. The number of rotatable bonds is 4. The number of ether oxygens (including phenoxy) is 2. The highest BCUT2D eigenvalue weighted by molar-refractivity contribution is 5.87. The molecule has 0 bridgehead atoms. The highest BCUT2D eigenvalue weighted by Crippen LogP contribution is 2.32. The Morgan fingerprint density at radius 2 is 2.16 bits per heavy atom. The lowest BCUT2D eigenvalue weighted by Gasteiger charge is -2.35. The minimum atomic E-state index is 0.131. The largest absolute Gasteiger partial charge is 0.496 e. The highest BCUT2D eigenvalue weighted by Gasteiger charge is 2.28. The van der Waals surface area contributed by atoms with E-state index in [0.29, 0.717) is 6.61 Å². The first-order chi connectivity index (χ1) is 12.3. The number of hydrogen-bond acceptors (Lipinski definition) is 4. The first kappa shape index (κ1) is 16.1. The molecular formula is C20H23N3O2. The standard InChI is InChI=1S/C20H23N3O2/c1-14-11-21-20(22-14)18-13-25-10-9-23(18)12-17-16-6-4-3-5-15(16)7-8-19(17)24-2/h3-8,11,18H,9-10,12-13H2,1-2H3,(H,21,22)/t18-/m0/s1. The fourth-order valence-corrected chi connectivity index (χ4v) is 3.55. The molecule has 1 atom stereocenters. The van der Waals surface area contributed by atoms with Crippen LogP contribution in [0.25, 0.3) is 10.8 Å². The molecule has 1 saturated heterocycles. The maximum atomic E-state index is 5.72. The van der Waals surface area contributed by atoms with Crippen molar-refractivity contribution in [1.29, 1.82) is 0 Å². The third-order valence-corrected chi connectivity index (χ3v) is 4.86. The van der Waals surface area contributed by atoms with Gasteiger partial charge in [-0.25, -0.2) is 4.98 Å². The monoisotopic (exact) mass is 337 g/mol.